The molecule has 2 fully saturated rings. The number of aliphatic hydroxyl groups excluding tert-OH is 1. The van der Waals surface area contributed by atoms with Crippen LogP contribution < -0.4 is 4.74 Å². The summed E-state index contributed by atoms with van der Waals surface area (Å²) in [6, 6.07) is 6.21. The fourth-order valence-electron chi connectivity index (χ4n) is 3.57. The summed E-state index contributed by atoms with van der Waals surface area (Å²) in [5.74, 6) is -0.150. The molecule has 0 aliphatic carbocycles. The quantitative estimate of drug-likeness (QED) is 0.883. The number of hydrogen-bond acceptors (Lipinski definition) is 4. The van der Waals surface area contributed by atoms with Gasteiger partial charge < -0.3 is 19.6 Å². The summed E-state index contributed by atoms with van der Waals surface area (Å²) in [6.07, 6.45) is 2.73. The van der Waals surface area contributed by atoms with Gasteiger partial charge in [-0.2, -0.15) is 0 Å². The van der Waals surface area contributed by atoms with Crippen molar-refractivity contribution in [1.29, 1.82) is 0 Å². The fourth-order valence-corrected chi connectivity index (χ4v) is 3.57. The van der Waals surface area contributed by atoms with E-state index in [4.69, 9.17) is 4.74 Å². The second kappa shape index (κ2) is 8.63. The van der Waals surface area contributed by atoms with E-state index in [1.165, 1.54) is 18.9 Å². The predicted octanol–water partition coefficient (Wildman–Crippen LogP) is 2.04. The Bertz CT molecular complexity index is 578. The molecule has 5 nitrogen and oxygen atoms in total. The number of halogens is 1. The van der Waals surface area contributed by atoms with Gasteiger partial charge in [-0.05, 0) is 44.5 Å². The van der Waals surface area contributed by atoms with Crippen LogP contribution in [-0.4, -0.2) is 65.7 Å². The van der Waals surface area contributed by atoms with Crippen LogP contribution in [-0.2, 0) is 4.79 Å². The molecule has 6 heteroatoms. The molecule has 1 N–H and O–H groups in total. The van der Waals surface area contributed by atoms with Crippen LogP contribution >= 0.6 is 0 Å². The highest BCUT2D eigenvalue weighted by Gasteiger charge is 2.29. The highest BCUT2D eigenvalue weighted by Crippen LogP contribution is 2.22. The molecule has 1 aromatic rings. The van der Waals surface area contributed by atoms with E-state index >= 15 is 0 Å². The van der Waals surface area contributed by atoms with Gasteiger partial charge >= 0.3 is 0 Å². The Morgan fingerprint density at radius 3 is 2.64 bits per heavy atom. The summed E-state index contributed by atoms with van der Waals surface area (Å²) in [6.45, 7) is 4.05. The van der Waals surface area contributed by atoms with E-state index in [-0.39, 0.29) is 11.7 Å². The smallest absolute Gasteiger partial charge is 0.223 e. The van der Waals surface area contributed by atoms with Crippen molar-refractivity contribution >= 4 is 5.91 Å². The van der Waals surface area contributed by atoms with Gasteiger partial charge in [0.05, 0.1) is 6.10 Å². The van der Waals surface area contributed by atoms with Crippen molar-refractivity contribution in [3.8, 4) is 5.75 Å². The minimum absolute atomic E-state index is 0.130. The lowest BCUT2D eigenvalue weighted by Crippen LogP contribution is -2.35. The molecule has 2 aliphatic rings. The van der Waals surface area contributed by atoms with Gasteiger partial charge in [-0.3, -0.25) is 4.79 Å². The molecule has 138 valence electrons. The van der Waals surface area contributed by atoms with E-state index in [0.29, 0.717) is 32.4 Å². The molecule has 2 atom stereocenters. The maximum absolute atomic E-state index is 13.8. The van der Waals surface area contributed by atoms with Gasteiger partial charge in [-0.1, -0.05) is 12.1 Å². The van der Waals surface area contributed by atoms with E-state index < -0.39 is 18.0 Å². The topological polar surface area (TPSA) is 53.0 Å². The lowest BCUT2D eigenvalue weighted by Gasteiger charge is -2.22. The van der Waals surface area contributed by atoms with Crippen molar-refractivity contribution < 1.29 is 19.0 Å². The van der Waals surface area contributed by atoms with Gasteiger partial charge in [0, 0.05) is 32.5 Å². The molecule has 2 aliphatic heterocycles. The minimum atomic E-state index is -0.698. The van der Waals surface area contributed by atoms with Gasteiger partial charge in [0.25, 0.3) is 0 Å². The number of carbonyl (C=O) groups excluding carboxylic acids is 1. The lowest BCUT2D eigenvalue weighted by molar-refractivity contribution is -0.131. The van der Waals surface area contributed by atoms with Crippen LogP contribution in [0.2, 0.25) is 0 Å². The number of para-hydroxylation sites is 1. The van der Waals surface area contributed by atoms with E-state index in [0.717, 1.165) is 19.6 Å². The highest BCUT2D eigenvalue weighted by atomic mass is 19.1. The number of likely N-dealkylation sites (tertiary alicyclic amines) is 2. The van der Waals surface area contributed by atoms with Gasteiger partial charge in [-0.25, -0.2) is 4.39 Å². The van der Waals surface area contributed by atoms with Gasteiger partial charge in [0.15, 0.2) is 11.6 Å². The van der Waals surface area contributed by atoms with Crippen molar-refractivity contribution in [2.45, 2.75) is 44.3 Å². The SMILES string of the molecule is O=C(CCN1CCCC1)N1CC[C@H](Oc2ccccc2F)[C@@H](O)CC1. The zero-order valence-electron chi connectivity index (χ0n) is 14.6. The number of benzene rings is 1. The molecular weight excluding hydrogens is 323 g/mol. The molecule has 1 aromatic carbocycles. The Kier molecular flexibility index (Phi) is 6.26. The van der Waals surface area contributed by atoms with Crippen molar-refractivity contribution in [2.75, 3.05) is 32.7 Å². The van der Waals surface area contributed by atoms with Crippen LogP contribution in [0.5, 0.6) is 5.75 Å². The Morgan fingerprint density at radius 2 is 1.88 bits per heavy atom. The second-order valence-electron chi connectivity index (χ2n) is 6.91. The molecule has 0 aromatic heterocycles. The summed E-state index contributed by atoms with van der Waals surface area (Å²) >= 11 is 0. The number of carbonyl (C=O) groups is 1. The number of rotatable bonds is 5. The van der Waals surface area contributed by atoms with Crippen LogP contribution in [0.25, 0.3) is 0 Å². The monoisotopic (exact) mass is 350 g/mol. The van der Waals surface area contributed by atoms with Crippen LogP contribution in [0.4, 0.5) is 4.39 Å². The van der Waals surface area contributed by atoms with Crippen molar-refractivity contribution in [3.05, 3.63) is 30.1 Å². The highest BCUT2D eigenvalue weighted by molar-refractivity contribution is 5.76. The maximum atomic E-state index is 13.8. The van der Waals surface area contributed by atoms with Gasteiger partial charge in [0.2, 0.25) is 5.91 Å². The van der Waals surface area contributed by atoms with Crippen LogP contribution in [0.3, 0.4) is 0 Å². The molecule has 2 heterocycles. The normalized spacial score (nSPS) is 25.0. The molecule has 0 bridgehead atoms. The molecule has 3 rings (SSSR count). The average Bonchev–Trinajstić information content (AvgIpc) is 3.06. The van der Waals surface area contributed by atoms with E-state index in [2.05, 4.69) is 4.90 Å². The maximum Gasteiger partial charge on any atom is 0.223 e. The molecule has 2 saturated heterocycles. The number of amides is 1. The van der Waals surface area contributed by atoms with Crippen molar-refractivity contribution in [1.82, 2.24) is 9.80 Å². The molecule has 0 radical (unpaired) electrons. The average molecular weight is 350 g/mol. The van der Waals surface area contributed by atoms with E-state index in [1.54, 1.807) is 18.2 Å². The largest absolute Gasteiger partial charge is 0.485 e. The number of aliphatic hydroxyl groups is 1. The summed E-state index contributed by atoms with van der Waals surface area (Å²) in [5, 5.41) is 10.3. The van der Waals surface area contributed by atoms with E-state index in [9.17, 15) is 14.3 Å². The van der Waals surface area contributed by atoms with Gasteiger partial charge in [0.1, 0.15) is 6.10 Å². The Morgan fingerprint density at radius 1 is 1.16 bits per heavy atom. The first-order chi connectivity index (χ1) is 12.1. The first-order valence-electron chi connectivity index (χ1n) is 9.23. The zero-order chi connectivity index (χ0) is 17.6. The summed E-state index contributed by atoms with van der Waals surface area (Å²) in [7, 11) is 0. The standard InChI is InChI=1S/C19H27FN2O3/c20-15-5-1-2-6-17(15)25-18-8-14-22(13-7-16(18)23)19(24)9-12-21-10-3-4-11-21/h1-2,5-6,16,18,23H,3-4,7-14H2/t16-,18-/m0/s1. The fraction of sp³-hybridized carbons (Fsp3) is 0.632. The molecule has 0 saturated carbocycles. The molecule has 0 spiro atoms. The Labute approximate surface area is 148 Å². The third-order valence-corrected chi connectivity index (χ3v) is 5.12. The number of hydrogen-bond donors (Lipinski definition) is 1. The first kappa shape index (κ1) is 18.1. The van der Waals surface area contributed by atoms with Crippen LogP contribution in [0, 0.1) is 5.82 Å². The van der Waals surface area contributed by atoms with Gasteiger partial charge in [-0.15, -0.1) is 0 Å². The molecule has 1 amide bonds. The summed E-state index contributed by atoms with van der Waals surface area (Å²) in [5.41, 5.74) is 0. The molecule has 25 heavy (non-hydrogen) atoms. The van der Waals surface area contributed by atoms with Crippen LogP contribution in [0.1, 0.15) is 32.1 Å². The third kappa shape index (κ3) is 4.92. The van der Waals surface area contributed by atoms with E-state index in [1.807, 2.05) is 4.90 Å². The molecule has 0 unspecified atom stereocenters. The van der Waals surface area contributed by atoms with Crippen LogP contribution in [0.15, 0.2) is 24.3 Å². The molecular formula is C19H27FN2O3. The van der Waals surface area contributed by atoms with Crippen molar-refractivity contribution in [3.63, 3.8) is 0 Å². The predicted molar refractivity (Wildman–Crippen MR) is 92.9 cm³/mol. The lowest BCUT2D eigenvalue weighted by atomic mass is 10.1. The Hall–Kier alpha value is -1.66. The minimum Gasteiger partial charge on any atom is -0.485 e. The first-order valence-corrected chi connectivity index (χ1v) is 9.23. The summed E-state index contributed by atoms with van der Waals surface area (Å²) in [4.78, 5) is 16.6. The third-order valence-electron chi connectivity index (χ3n) is 5.12. The zero-order valence-corrected chi connectivity index (χ0v) is 14.6. The second-order valence-corrected chi connectivity index (χ2v) is 6.91. The summed E-state index contributed by atoms with van der Waals surface area (Å²) < 4.78 is 19.4. The van der Waals surface area contributed by atoms with Crippen molar-refractivity contribution in [2.24, 2.45) is 0 Å². The number of nitrogens with zero attached hydrogens (tertiary/aromatic N) is 2. The Balaban J connectivity index is 1.51. The number of ether oxygens (including phenoxy) is 1.